The average molecular weight is 871 g/mol. The molecule has 0 N–H and O–H groups in total. The second kappa shape index (κ2) is 13.3. The number of benzene rings is 8. The zero-order chi connectivity index (χ0) is 45.2. The molecule has 2 aromatic heterocycles. The SMILES string of the molecule is Cc1cccc(C)c1-c1nc2cc3c(c4c2n1-c1cc(-c2ccc(C(C)(C)C)cc2)cc2c1B4c1c4c(cc5nc(-c6c(C)cccc6C)n-2c15)Oc1ccccc1O4)Oc1ccccc1O3. The smallest absolute Gasteiger partial charge is 0.262 e. The molecular weight excluding hydrogens is 827 g/mol. The van der Waals surface area contributed by atoms with E-state index < -0.39 is 6.71 Å². The van der Waals surface area contributed by atoms with Crippen molar-refractivity contribution in [1.29, 1.82) is 0 Å². The topological polar surface area (TPSA) is 72.6 Å². The van der Waals surface area contributed by atoms with E-state index in [1.165, 1.54) is 5.56 Å². The molecule has 6 heterocycles. The standard InChI is InChI=1S/C58H43BN4O4/c1-30-14-12-15-31(2)47(30)56-60-37-28-45-54(66-43-20-10-8-18-41(43)64-45)50-52(37)62(56)39-26-35(34-22-24-36(25-23-34)58(5,6)7)27-40-49(39)59(50)51-53-38(29-46-55(51)67-44-21-11-9-19-42(44)65-46)61-57(63(40)53)48-32(3)16-13-17-33(48)4/h8-29H,1-7H3. The van der Waals surface area contributed by atoms with Crippen LogP contribution in [0.25, 0.3) is 67.3 Å². The maximum absolute atomic E-state index is 7.13. The second-order valence-electron chi connectivity index (χ2n) is 19.5. The van der Waals surface area contributed by atoms with Crippen LogP contribution < -0.4 is 35.3 Å². The zero-order valence-electron chi connectivity index (χ0n) is 38.2. The molecule has 67 heavy (non-hydrogen) atoms. The van der Waals surface area contributed by atoms with Crippen LogP contribution in [0.3, 0.4) is 0 Å². The molecule has 4 aliphatic rings. The quantitative estimate of drug-likeness (QED) is 0.165. The Morgan fingerprint density at radius 3 is 1.27 bits per heavy atom. The molecule has 10 aromatic rings. The molecule has 0 atom stereocenters. The minimum absolute atomic E-state index is 0.00331. The molecule has 322 valence electrons. The van der Waals surface area contributed by atoms with Crippen molar-refractivity contribution in [2.45, 2.75) is 53.9 Å². The van der Waals surface area contributed by atoms with E-state index in [1.54, 1.807) is 0 Å². The minimum Gasteiger partial charge on any atom is -0.450 e. The summed E-state index contributed by atoms with van der Waals surface area (Å²) in [5.74, 6) is 6.84. The third-order valence-corrected chi connectivity index (χ3v) is 14.3. The third-order valence-electron chi connectivity index (χ3n) is 14.3. The lowest BCUT2D eigenvalue weighted by Crippen LogP contribution is -2.60. The minimum atomic E-state index is -0.440. The van der Waals surface area contributed by atoms with Gasteiger partial charge in [0.15, 0.2) is 46.0 Å². The van der Waals surface area contributed by atoms with Crippen molar-refractivity contribution in [3.05, 3.63) is 161 Å². The first-order valence-corrected chi connectivity index (χ1v) is 23.0. The molecule has 0 saturated carbocycles. The molecule has 0 saturated heterocycles. The molecule has 0 bridgehead atoms. The van der Waals surface area contributed by atoms with E-state index in [0.717, 1.165) is 106 Å². The fourth-order valence-electron chi connectivity index (χ4n) is 11.2. The van der Waals surface area contributed by atoms with E-state index in [-0.39, 0.29) is 5.41 Å². The summed E-state index contributed by atoms with van der Waals surface area (Å²) in [6, 6.07) is 46.6. The molecule has 14 rings (SSSR count). The van der Waals surface area contributed by atoms with Crippen molar-refractivity contribution in [3.8, 4) is 91.3 Å². The Balaban J connectivity index is 1.19. The van der Waals surface area contributed by atoms with Crippen LogP contribution in [-0.2, 0) is 5.41 Å². The number of rotatable bonds is 3. The van der Waals surface area contributed by atoms with E-state index in [9.17, 15) is 0 Å². The Morgan fingerprint density at radius 2 is 0.851 bits per heavy atom. The predicted octanol–water partition coefficient (Wildman–Crippen LogP) is 12.8. The first-order chi connectivity index (χ1) is 32.5. The third kappa shape index (κ3) is 5.25. The Morgan fingerprint density at radius 1 is 0.433 bits per heavy atom. The highest BCUT2D eigenvalue weighted by molar-refractivity contribution is 7.01. The van der Waals surface area contributed by atoms with Gasteiger partial charge in [0.2, 0.25) is 0 Å². The zero-order valence-corrected chi connectivity index (χ0v) is 38.2. The first-order valence-electron chi connectivity index (χ1n) is 23.0. The first kappa shape index (κ1) is 38.3. The van der Waals surface area contributed by atoms with Crippen molar-refractivity contribution >= 4 is 45.2 Å². The van der Waals surface area contributed by atoms with Gasteiger partial charge in [0.25, 0.3) is 6.71 Å². The van der Waals surface area contributed by atoms with Gasteiger partial charge in [-0.15, -0.1) is 0 Å². The maximum Gasteiger partial charge on any atom is 0.262 e. The molecule has 0 unspecified atom stereocenters. The molecule has 0 fully saturated rings. The van der Waals surface area contributed by atoms with Crippen LogP contribution in [-0.4, -0.2) is 25.8 Å². The fraction of sp³-hybridized carbons (Fsp3) is 0.138. The number of para-hydroxylation sites is 4. The Bertz CT molecular complexity index is 3600. The van der Waals surface area contributed by atoms with Gasteiger partial charge in [-0.2, -0.15) is 0 Å². The lowest BCUT2D eigenvalue weighted by Gasteiger charge is -2.37. The number of aromatic nitrogens is 4. The van der Waals surface area contributed by atoms with Gasteiger partial charge in [-0.05, 0) is 114 Å². The highest BCUT2D eigenvalue weighted by Crippen LogP contribution is 2.52. The van der Waals surface area contributed by atoms with Crippen molar-refractivity contribution in [2.75, 3.05) is 0 Å². The number of nitrogens with zero attached hydrogens (tertiary/aromatic N) is 4. The van der Waals surface area contributed by atoms with E-state index in [0.29, 0.717) is 46.0 Å². The molecule has 0 amide bonds. The normalized spacial score (nSPS) is 13.4. The van der Waals surface area contributed by atoms with Gasteiger partial charge in [0.1, 0.15) is 11.6 Å². The number of fused-ring (bicyclic) bond motifs is 10. The van der Waals surface area contributed by atoms with Crippen LogP contribution in [0.5, 0.6) is 46.0 Å². The van der Waals surface area contributed by atoms with E-state index in [2.05, 4.69) is 143 Å². The lowest BCUT2D eigenvalue weighted by molar-refractivity contribution is 0.362. The molecule has 0 aliphatic carbocycles. The largest absolute Gasteiger partial charge is 0.450 e. The average Bonchev–Trinajstić information content (AvgIpc) is 3.88. The van der Waals surface area contributed by atoms with Crippen LogP contribution in [0.2, 0.25) is 0 Å². The molecule has 9 heteroatoms. The van der Waals surface area contributed by atoms with Crippen molar-refractivity contribution in [3.63, 3.8) is 0 Å². The van der Waals surface area contributed by atoms with Gasteiger partial charge >= 0.3 is 0 Å². The number of aryl methyl sites for hydroxylation is 4. The van der Waals surface area contributed by atoms with Crippen LogP contribution in [0, 0.1) is 27.7 Å². The van der Waals surface area contributed by atoms with Gasteiger partial charge < -0.3 is 18.9 Å². The molecular formula is C58H43BN4O4. The summed E-state index contributed by atoms with van der Waals surface area (Å²) in [6.07, 6.45) is 0. The molecule has 8 aromatic carbocycles. The molecule has 4 aliphatic heterocycles. The fourth-order valence-corrected chi connectivity index (χ4v) is 11.2. The summed E-state index contributed by atoms with van der Waals surface area (Å²) in [4.78, 5) is 11.3. The summed E-state index contributed by atoms with van der Waals surface area (Å²) >= 11 is 0. The van der Waals surface area contributed by atoms with E-state index in [1.807, 2.05) is 48.5 Å². The number of hydrogen-bond acceptors (Lipinski definition) is 6. The summed E-state index contributed by atoms with van der Waals surface area (Å²) in [5, 5.41) is 0. The Hall–Kier alpha value is -8.04. The van der Waals surface area contributed by atoms with Gasteiger partial charge in [-0.1, -0.05) is 106 Å². The molecule has 0 radical (unpaired) electrons. The van der Waals surface area contributed by atoms with Crippen LogP contribution in [0.15, 0.2) is 133 Å². The van der Waals surface area contributed by atoms with Gasteiger partial charge in [0, 0.05) is 45.6 Å². The van der Waals surface area contributed by atoms with Crippen LogP contribution >= 0.6 is 0 Å². The van der Waals surface area contributed by atoms with Crippen molar-refractivity contribution < 1.29 is 18.9 Å². The van der Waals surface area contributed by atoms with Gasteiger partial charge in [-0.3, -0.25) is 9.13 Å². The predicted molar refractivity (Wildman–Crippen MR) is 267 cm³/mol. The second-order valence-corrected chi connectivity index (χ2v) is 19.5. The molecule has 0 spiro atoms. The van der Waals surface area contributed by atoms with E-state index >= 15 is 0 Å². The lowest BCUT2D eigenvalue weighted by atomic mass is 9.33. The summed E-state index contributed by atoms with van der Waals surface area (Å²) in [7, 11) is 0. The van der Waals surface area contributed by atoms with Crippen molar-refractivity contribution in [2.24, 2.45) is 0 Å². The summed E-state index contributed by atoms with van der Waals surface area (Å²) < 4.78 is 32.7. The van der Waals surface area contributed by atoms with Gasteiger partial charge in [-0.25, -0.2) is 9.97 Å². The number of hydrogen-bond donors (Lipinski definition) is 0. The maximum atomic E-state index is 7.13. The van der Waals surface area contributed by atoms with Crippen molar-refractivity contribution in [1.82, 2.24) is 19.1 Å². The highest BCUT2D eigenvalue weighted by atomic mass is 16.6. The van der Waals surface area contributed by atoms with Crippen LogP contribution in [0.1, 0.15) is 48.6 Å². The number of ether oxygens (including phenoxy) is 4. The van der Waals surface area contributed by atoms with Crippen LogP contribution in [0.4, 0.5) is 0 Å². The van der Waals surface area contributed by atoms with E-state index in [4.69, 9.17) is 28.9 Å². The Kier molecular flexibility index (Phi) is 7.59. The highest BCUT2D eigenvalue weighted by Gasteiger charge is 2.48. The summed E-state index contributed by atoms with van der Waals surface area (Å²) in [5.41, 5.74) is 18.8. The monoisotopic (exact) mass is 870 g/mol. The molecule has 8 nitrogen and oxygen atoms in total. The Labute approximate surface area is 388 Å². The van der Waals surface area contributed by atoms with Gasteiger partial charge in [0.05, 0.1) is 22.1 Å². The number of imidazole rings is 2. The summed E-state index contributed by atoms with van der Waals surface area (Å²) in [6.45, 7) is 15.0.